The lowest BCUT2D eigenvalue weighted by Crippen LogP contribution is -1.95. The predicted octanol–water partition coefficient (Wildman–Crippen LogP) is 2.83. The van der Waals surface area contributed by atoms with Crippen molar-refractivity contribution in [3.05, 3.63) is 45.4 Å². The Morgan fingerprint density at radius 2 is 2.18 bits per heavy atom. The van der Waals surface area contributed by atoms with Crippen LogP contribution >= 0.6 is 11.3 Å². The van der Waals surface area contributed by atoms with Crippen LogP contribution in [-0.2, 0) is 13.2 Å². The third-order valence-corrected chi connectivity index (χ3v) is 3.56. The maximum Gasteiger partial charge on any atom is 0.140 e. The summed E-state index contributed by atoms with van der Waals surface area (Å²) >= 11 is 1.66. The molecule has 2 rings (SSSR count). The number of nitrogens with zero attached hydrogens (tertiary/aromatic N) is 1. The summed E-state index contributed by atoms with van der Waals surface area (Å²) in [6.07, 6.45) is 0. The molecule has 1 N–H and O–H groups in total. The van der Waals surface area contributed by atoms with Gasteiger partial charge in [0.15, 0.2) is 0 Å². The average molecular weight is 249 g/mol. The number of benzene rings is 1. The van der Waals surface area contributed by atoms with Crippen molar-refractivity contribution in [2.75, 3.05) is 0 Å². The van der Waals surface area contributed by atoms with Gasteiger partial charge in [0.2, 0.25) is 0 Å². The minimum absolute atomic E-state index is 0.0344. The van der Waals surface area contributed by atoms with Crippen molar-refractivity contribution >= 4 is 11.3 Å². The van der Waals surface area contributed by atoms with Gasteiger partial charge in [-0.25, -0.2) is 4.98 Å². The zero-order valence-corrected chi connectivity index (χ0v) is 10.8. The van der Waals surface area contributed by atoms with Crippen LogP contribution in [0.3, 0.4) is 0 Å². The van der Waals surface area contributed by atoms with Gasteiger partial charge in [-0.1, -0.05) is 12.1 Å². The van der Waals surface area contributed by atoms with Gasteiger partial charge < -0.3 is 9.84 Å². The molecule has 4 heteroatoms. The molecule has 1 aromatic carbocycles. The van der Waals surface area contributed by atoms with Gasteiger partial charge >= 0.3 is 0 Å². The van der Waals surface area contributed by atoms with Gasteiger partial charge in [-0.3, -0.25) is 0 Å². The molecule has 0 aliphatic heterocycles. The van der Waals surface area contributed by atoms with Gasteiger partial charge in [0.05, 0.1) is 12.3 Å². The topological polar surface area (TPSA) is 42.4 Å². The van der Waals surface area contributed by atoms with Crippen molar-refractivity contribution in [2.45, 2.75) is 27.1 Å². The molecule has 1 aromatic heterocycles. The first-order valence-corrected chi connectivity index (χ1v) is 6.26. The average Bonchev–Trinajstić information content (AvgIpc) is 2.67. The monoisotopic (exact) mass is 249 g/mol. The number of hydrogen-bond donors (Lipinski definition) is 1. The highest BCUT2D eigenvalue weighted by Crippen LogP contribution is 2.19. The van der Waals surface area contributed by atoms with Crippen molar-refractivity contribution < 1.29 is 9.84 Å². The van der Waals surface area contributed by atoms with Crippen molar-refractivity contribution in [1.82, 2.24) is 4.98 Å². The van der Waals surface area contributed by atoms with Crippen molar-refractivity contribution in [3.63, 3.8) is 0 Å². The quantitative estimate of drug-likeness (QED) is 0.906. The number of aryl methyl sites for hydroxylation is 2. The molecule has 0 aliphatic rings. The smallest absolute Gasteiger partial charge is 0.140 e. The van der Waals surface area contributed by atoms with E-state index in [2.05, 4.69) is 11.9 Å². The number of hydrogen-bond acceptors (Lipinski definition) is 4. The Kier molecular flexibility index (Phi) is 3.76. The molecule has 0 atom stereocenters. The van der Waals surface area contributed by atoms with Crippen LogP contribution in [0.25, 0.3) is 0 Å². The van der Waals surface area contributed by atoms with E-state index < -0.39 is 0 Å². The zero-order chi connectivity index (χ0) is 12.3. The van der Waals surface area contributed by atoms with E-state index in [1.54, 1.807) is 11.3 Å². The molecule has 0 fully saturated rings. The minimum Gasteiger partial charge on any atom is -0.486 e. The summed E-state index contributed by atoms with van der Waals surface area (Å²) in [5, 5.41) is 10.0. The molecule has 0 amide bonds. The molecule has 0 saturated heterocycles. The molecular weight excluding hydrogens is 234 g/mol. The molecule has 0 unspecified atom stereocenters. The molecule has 0 bridgehead atoms. The molecule has 0 aliphatic carbocycles. The predicted molar refractivity (Wildman–Crippen MR) is 68.3 cm³/mol. The van der Waals surface area contributed by atoms with Crippen LogP contribution in [0, 0.1) is 13.8 Å². The van der Waals surface area contributed by atoms with Gasteiger partial charge in [0.1, 0.15) is 17.4 Å². The molecule has 0 spiro atoms. The largest absolute Gasteiger partial charge is 0.486 e. The van der Waals surface area contributed by atoms with E-state index >= 15 is 0 Å². The van der Waals surface area contributed by atoms with E-state index in [1.165, 1.54) is 4.88 Å². The van der Waals surface area contributed by atoms with Crippen LogP contribution in [-0.4, -0.2) is 10.1 Å². The Morgan fingerprint density at radius 3 is 2.82 bits per heavy atom. The molecule has 17 heavy (non-hydrogen) atoms. The fourth-order valence-corrected chi connectivity index (χ4v) is 2.33. The fraction of sp³-hybridized carbons (Fsp3) is 0.308. The van der Waals surface area contributed by atoms with E-state index in [0.717, 1.165) is 22.0 Å². The van der Waals surface area contributed by atoms with Gasteiger partial charge in [0, 0.05) is 4.88 Å². The molecule has 2 aromatic rings. The van der Waals surface area contributed by atoms with Crippen molar-refractivity contribution in [3.8, 4) is 5.75 Å². The second kappa shape index (κ2) is 5.29. The highest BCUT2D eigenvalue weighted by molar-refractivity contribution is 7.11. The van der Waals surface area contributed by atoms with Gasteiger partial charge in [-0.2, -0.15) is 0 Å². The Morgan fingerprint density at radius 1 is 1.35 bits per heavy atom. The first-order chi connectivity index (χ1) is 8.19. The normalized spacial score (nSPS) is 10.5. The third kappa shape index (κ3) is 3.05. The van der Waals surface area contributed by atoms with Gasteiger partial charge in [-0.15, -0.1) is 11.3 Å². The van der Waals surface area contributed by atoms with Crippen LogP contribution in [0.4, 0.5) is 0 Å². The molecule has 90 valence electrons. The van der Waals surface area contributed by atoms with Crippen LogP contribution in [0.5, 0.6) is 5.75 Å². The maximum atomic E-state index is 9.02. The maximum absolute atomic E-state index is 9.02. The third-order valence-electron chi connectivity index (χ3n) is 2.52. The first-order valence-electron chi connectivity index (χ1n) is 5.44. The summed E-state index contributed by atoms with van der Waals surface area (Å²) in [5.41, 5.74) is 1.92. The highest BCUT2D eigenvalue weighted by Gasteiger charge is 2.04. The Labute approximate surface area is 105 Å². The van der Waals surface area contributed by atoms with E-state index in [4.69, 9.17) is 9.84 Å². The highest BCUT2D eigenvalue weighted by atomic mass is 32.1. The number of ether oxygens (including phenoxy) is 1. The molecule has 1 heterocycles. The standard InChI is InChI=1S/C13H15NO2S/c1-9-10(2)17-13(14-9)8-16-12-5-3-4-11(6-12)7-15/h3-6,15H,7-8H2,1-2H3. The number of rotatable bonds is 4. The first kappa shape index (κ1) is 12.1. The SMILES string of the molecule is Cc1nc(COc2cccc(CO)c2)sc1C. The van der Waals surface area contributed by atoms with Crippen LogP contribution in [0.2, 0.25) is 0 Å². The lowest BCUT2D eigenvalue weighted by atomic mass is 10.2. The molecule has 3 nitrogen and oxygen atoms in total. The number of thiazole rings is 1. The van der Waals surface area contributed by atoms with E-state index in [-0.39, 0.29) is 6.61 Å². The summed E-state index contributed by atoms with van der Waals surface area (Å²) in [6.45, 7) is 4.57. The molecule has 0 saturated carbocycles. The van der Waals surface area contributed by atoms with Crippen LogP contribution in [0.15, 0.2) is 24.3 Å². The van der Waals surface area contributed by atoms with E-state index in [1.807, 2.05) is 31.2 Å². The summed E-state index contributed by atoms with van der Waals surface area (Å²) in [6, 6.07) is 7.46. The summed E-state index contributed by atoms with van der Waals surface area (Å²) in [5.74, 6) is 0.766. The Bertz CT molecular complexity index is 488. The minimum atomic E-state index is 0.0344. The molecular formula is C13H15NO2S. The summed E-state index contributed by atoms with van der Waals surface area (Å²) in [7, 11) is 0. The van der Waals surface area contributed by atoms with Crippen molar-refractivity contribution in [2.24, 2.45) is 0 Å². The van der Waals surface area contributed by atoms with Gasteiger partial charge in [-0.05, 0) is 31.5 Å². The zero-order valence-electron chi connectivity index (χ0n) is 9.93. The summed E-state index contributed by atoms with van der Waals surface area (Å²) in [4.78, 5) is 5.64. The lowest BCUT2D eigenvalue weighted by molar-refractivity contribution is 0.278. The second-order valence-corrected chi connectivity index (χ2v) is 5.13. The Balaban J connectivity index is 2.01. The van der Waals surface area contributed by atoms with E-state index in [0.29, 0.717) is 6.61 Å². The fourth-order valence-electron chi connectivity index (χ4n) is 1.48. The number of aliphatic hydroxyl groups is 1. The Hall–Kier alpha value is -1.39. The van der Waals surface area contributed by atoms with Crippen LogP contribution < -0.4 is 4.74 Å². The summed E-state index contributed by atoms with van der Waals surface area (Å²) < 4.78 is 5.64. The van der Waals surface area contributed by atoms with Crippen LogP contribution in [0.1, 0.15) is 21.1 Å². The number of aliphatic hydroxyl groups excluding tert-OH is 1. The van der Waals surface area contributed by atoms with Gasteiger partial charge in [0.25, 0.3) is 0 Å². The lowest BCUT2D eigenvalue weighted by Gasteiger charge is -2.05. The van der Waals surface area contributed by atoms with Crippen molar-refractivity contribution in [1.29, 1.82) is 0 Å². The number of aromatic nitrogens is 1. The van der Waals surface area contributed by atoms with E-state index in [9.17, 15) is 0 Å². The second-order valence-electron chi connectivity index (χ2n) is 3.84. The molecule has 0 radical (unpaired) electrons.